The summed E-state index contributed by atoms with van der Waals surface area (Å²) in [7, 11) is 0. The molecule has 0 aliphatic carbocycles. The molecule has 0 amide bonds. The van der Waals surface area contributed by atoms with Crippen LogP contribution in [0.4, 0.5) is 0 Å². The lowest BCUT2D eigenvalue weighted by molar-refractivity contribution is 0.101. The van der Waals surface area contributed by atoms with Gasteiger partial charge in [-0.2, -0.15) is 5.26 Å². The number of nitrogens with zero attached hydrogens (tertiary/aromatic N) is 1. The van der Waals surface area contributed by atoms with Crippen LogP contribution in [0.25, 0.3) is 11.1 Å². The van der Waals surface area contributed by atoms with E-state index in [0.29, 0.717) is 30.1 Å². The highest BCUT2D eigenvalue weighted by molar-refractivity contribution is 5.96. The maximum Gasteiger partial charge on any atom is 0.163 e. The topological polar surface area (TPSA) is 59.3 Å². The average molecular weight is 357 g/mol. The first-order valence-corrected chi connectivity index (χ1v) is 8.63. The normalized spacial score (nSPS) is 10.1. The van der Waals surface area contributed by atoms with Crippen molar-refractivity contribution in [2.75, 3.05) is 13.2 Å². The number of para-hydroxylation sites is 1. The van der Waals surface area contributed by atoms with E-state index in [9.17, 15) is 4.79 Å². The van der Waals surface area contributed by atoms with Gasteiger partial charge < -0.3 is 9.47 Å². The van der Waals surface area contributed by atoms with Gasteiger partial charge in [-0.05, 0) is 54.4 Å². The standard InChI is InChI=1S/C23H19NO3/c1-17(25)22-4-2-3-5-23(22)27-15-14-26-21-12-10-20(11-13-21)19-8-6-18(16-24)7-9-19/h2-13H,14-15H2,1H3. The number of carbonyl (C=O) groups excluding carboxylic acids is 1. The van der Waals surface area contributed by atoms with Gasteiger partial charge in [0.2, 0.25) is 0 Å². The van der Waals surface area contributed by atoms with Crippen LogP contribution < -0.4 is 9.47 Å². The molecule has 3 rings (SSSR count). The fourth-order valence-electron chi connectivity index (χ4n) is 2.68. The van der Waals surface area contributed by atoms with Crippen LogP contribution >= 0.6 is 0 Å². The molecule has 4 nitrogen and oxygen atoms in total. The molecule has 0 spiro atoms. The number of Topliss-reactive ketones (excluding diaryl/α,β-unsaturated/α-hetero) is 1. The van der Waals surface area contributed by atoms with Crippen molar-refractivity contribution in [3.05, 3.63) is 83.9 Å². The summed E-state index contributed by atoms with van der Waals surface area (Å²) in [5.74, 6) is 1.30. The van der Waals surface area contributed by atoms with Gasteiger partial charge in [0.15, 0.2) is 5.78 Å². The highest BCUT2D eigenvalue weighted by atomic mass is 16.5. The quantitative estimate of drug-likeness (QED) is 0.446. The smallest absolute Gasteiger partial charge is 0.163 e. The Morgan fingerprint density at radius 3 is 2.07 bits per heavy atom. The fourth-order valence-corrected chi connectivity index (χ4v) is 2.68. The molecule has 0 heterocycles. The van der Waals surface area contributed by atoms with Crippen LogP contribution in [-0.4, -0.2) is 19.0 Å². The zero-order chi connectivity index (χ0) is 19.1. The van der Waals surface area contributed by atoms with Gasteiger partial charge in [-0.1, -0.05) is 36.4 Å². The Kier molecular flexibility index (Phi) is 5.86. The van der Waals surface area contributed by atoms with Crippen molar-refractivity contribution >= 4 is 5.78 Å². The number of hydrogen-bond donors (Lipinski definition) is 0. The van der Waals surface area contributed by atoms with Crippen molar-refractivity contribution in [2.24, 2.45) is 0 Å². The van der Waals surface area contributed by atoms with E-state index in [1.165, 1.54) is 6.92 Å². The maximum absolute atomic E-state index is 11.6. The monoisotopic (exact) mass is 357 g/mol. The molecule has 4 heteroatoms. The van der Waals surface area contributed by atoms with Gasteiger partial charge in [-0.3, -0.25) is 4.79 Å². The minimum Gasteiger partial charge on any atom is -0.490 e. The molecule has 0 aliphatic heterocycles. The van der Waals surface area contributed by atoms with E-state index >= 15 is 0 Å². The van der Waals surface area contributed by atoms with Gasteiger partial charge in [0.25, 0.3) is 0 Å². The highest BCUT2D eigenvalue weighted by Gasteiger charge is 2.07. The molecule has 134 valence electrons. The molecule has 0 fully saturated rings. The second-order valence-corrected chi connectivity index (χ2v) is 5.96. The third kappa shape index (κ3) is 4.74. The lowest BCUT2D eigenvalue weighted by atomic mass is 10.0. The minimum atomic E-state index is -0.0232. The van der Waals surface area contributed by atoms with E-state index in [1.54, 1.807) is 24.3 Å². The van der Waals surface area contributed by atoms with Crippen molar-refractivity contribution in [1.82, 2.24) is 0 Å². The van der Waals surface area contributed by atoms with E-state index in [4.69, 9.17) is 14.7 Å². The predicted molar refractivity (Wildman–Crippen MR) is 104 cm³/mol. The van der Waals surface area contributed by atoms with E-state index in [-0.39, 0.29) is 5.78 Å². The Morgan fingerprint density at radius 1 is 0.852 bits per heavy atom. The van der Waals surface area contributed by atoms with Crippen LogP contribution in [0, 0.1) is 11.3 Å². The molecule has 3 aromatic rings. The second-order valence-electron chi connectivity index (χ2n) is 5.96. The molecule has 0 aromatic heterocycles. The molecular formula is C23H19NO3. The van der Waals surface area contributed by atoms with Crippen LogP contribution in [0.1, 0.15) is 22.8 Å². The Hall–Kier alpha value is -3.58. The van der Waals surface area contributed by atoms with Gasteiger partial charge in [0.05, 0.1) is 17.2 Å². The summed E-state index contributed by atoms with van der Waals surface area (Å²) in [5, 5.41) is 8.86. The van der Waals surface area contributed by atoms with Gasteiger partial charge in [-0.15, -0.1) is 0 Å². The Balaban J connectivity index is 1.53. The van der Waals surface area contributed by atoms with Crippen molar-refractivity contribution in [1.29, 1.82) is 5.26 Å². The first-order valence-electron chi connectivity index (χ1n) is 8.63. The van der Waals surface area contributed by atoms with Gasteiger partial charge in [0, 0.05) is 0 Å². The van der Waals surface area contributed by atoms with Gasteiger partial charge in [-0.25, -0.2) is 0 Å². The van der Waals surface area contributed by atoms with Crippen molar-refractivity contribution in [3.63, 3.8) is 0 Å². The van der Waals surface area contributed by atoms with E-state index in [1.807, 2.05) is 48.5 Å². The number of nitriles is 1. The predicted octanol–water partition coefficient (Wildman–Crippen LogP) is 4.89. The number of hydrogen-bond acceptors (Lipinski definition) is 4. The molecule has 27 heavy (non-hydrogen) atoms. The van der Waals surface area contributed by atoms with Crippen LogP contribution in [0.5, 0.6) is 11.5 Å². The molecule has 0 N–H and O–H groups in total. The number of benzene rings is 3. The summed E-state index contributed by atoms with van der Waals surface area (Å²) in [6, 6.07) is 24.5. The largest absolute Gasteiger partial charge is 0.490 e. The lowest BCUT2D eigenvalue weighted by Gasteiger charge is -2.11. The molecule has 0 radical (unpaired) electrons. The number of carbonyl (C=O) groups is 1. The molecule has 0 atom stereocenters. The minimum absolute atomic E-state index is 0.0232. The SMILES string of the molecule is CC(=O)c1ccccc1OCCOc1ccc(-c2ccc(C#N)cc2)cc1. The molecule has 3 aromatic carbocycles. The molecule has 0 unspecified atom stereocenters. The van der Waals surface area contributed by atoms with Crippen LogP contribution in [0.15, 0.2) is 72.8 Å². The van der Waals surface area contributed by atoms with E-state index in [0.717, 1.165) is 16.9 Å². The summed E-state index contributed by atoms with van der Waals surface area (Å²) in [4.78, 5) is 11.6. The third-order valence-corrected chi connectivity index (χ3v) is 4.08. The maximum atomic E-state index is 11.6. The second kappa shape index (κ2) is 8.68. The third-order valence-electron chi connectivity index (χ3n) is 4.08. The number of ether oxygens (including phenoxy) is 2. The molecular weight excluding hydrogens is 338 g/mol. The average Bonchev–Trinajstić information content (AvgIpc) is 2.72. The summed E-state index contributed by atoms with van der Waals surface area (Å²) >= 11 is 0. The Morgan fingerprint density at radius 2 is 1.44 bits per heavy atom. The summed E-state index contributed by atoms with van der Waals surface area (Å²) in [6.07, 6.45) is 0. The van der Waals surface area contributed by atoms with Crippen LogP contribution in [0.2, 0.25) is 0 Å². The summed E-state index contributed by atoms with van der Waals surface area (Å²) in [5.41, 5.74) is 3.32. The Bertz CT molecular complexity index is 954. The Labute approximate surface area is 158 Å². The molecule has 0 saturated carbocycles. The first-order chi connectivity index (χ1) is 13.2. The van der Waals surface area contributed by atoms with Crippen LogP contribution in [0.3, 0.4) is 0 Å². The number of ketones is 1. The van der Waals surface area contributed by atoms with E-state index < -0.39 is 0 Å². The molecule has 0 bridgehead atoms. The summed E-state index contributed by atoms with van der Waals surface area (Å²) in [6.45, 7) is 2.25. The zero-order valence-corrected chi connectivity index (χ0v) is 15.0. The van der Waals surface area contributed by atoms with Gasteiger partial charge >= 0.3 is 0 Å². The first kappa shape index (κ1) is 18.2. The van der Waals surface area contributed by atoms with E-state index in [2.05, 4.69) is 6.07 Å². The lowest BCUT2D eigenvalue weighted by Crippen LogP contribution is -2.10. The van der Waals surface area contributed by atoms with Crippen molar-refractivity contribution < 1.29 is 14.3 Å². The molecule has 0 saturated heterocycles. The van der Waals surface area contributed by atoms with Gasteiger partial charge in [0.1, 0.15) is 24.7 Å². The van der Waals surface area contributed by atoms with Crippen molar-refractivity contribution in [3.8, 4) is 28.7 Å². The number of rotatable bonds is 7. The van der Waals surface area contributed by atoms with Crippen LogP contribution in [-0.2, 0) is 0 Å². The molecule has 0 aliphatic rings. The zero-order valence-electron chi connectivity index (χ0n) is 15.0. The summed E-state index contributed by atoms with van der Waals surface area (Å²) < 4.78 is 11.4. The fraction of sp³-hybridized carbons (Fsp3) is 0.130. The van der Waals surface area contributed by atoms with Crippen molar-refractivity contribution in [2.45, 2.75) is 6.92 Å². The highest BCUT2D eigenvalue weighted by Crippen LogP contribution is 2.23.